The van der Waals surface area contributed by atoms with Gasteiger partial charge in [0.15, 0.2) is 0 Å². The van der Waals surface area contributed by atoms with Gasteiger partial charge in [-0.1, -0.05) is 44.1 Å². The normalized spacial score (nSPS) is 11.7. The molecule has 78 valence electrons. The summed E-state index contributed by atoms with van der Waals surface area (Å²) in [5.41, 5.74) is 0. The lowest BCUT2D eigenvalue weighted by Gasteiger charge is -2.28. The number of hydrogen-bond acceptors (Lipinski definition) is 1. The Labute approximate surface area is 86.4 Å². The lowest BCUT2D eigenvalue weighted by atomic mass is 10.5. The lowest BCUT2D eigenvalue weighted by Crippen LogP contribution is -2.45. The molecule has 14 heavy (non-hydrogen) atoms. The molecular formula is C11H18FNSi. The molecule has 0 radical (unpaired) electrons. The van der Waals surface area contributed by atoms with Crippen LogP contribution in [0.15, 0.2) is 18.3 Å². The van der Waals surface area contributed by atoms with Crippen molar-refractivity contribution in [2.75, 3.05) is 0 Å². The second kappa shape index (κ2) is 4.69. The Morgan fingerprint density at radius 2 is 1.79 bits per heavy atom. The summed E-state index contributed by atoms with van der Waals surface area (Å²) in [6.45, 7) is 6.66. The lowest BCUT2D eigenvalue weighted by molar-refractivity contribution is 0.585. The Bertz CT molecular complexity index is 289. The number of aromatic nitrogens is 1. The van der Waals surface area contributed by atoms with Gasteiger partial charge in [-0.25, -0.2) is 4.98 Å². The monoisotopic (exact) mass is 211 g/mol. The number of nitrogens with zero attached hydrogens (tertiary/aromatic N) is 1. The van der Waals surface area contributed by atoms with Crippen LogP contribution >= 0.6 is 0 Å². The predicted octanol–water partition coefficient (Wildman–Crippen LogP) is 2.94. The topological polar surface area (TPSA) is 12.9 Å². The van der Waals surface area contributed by atoms with Gasteiger partial charge in [0.1, 0.15) is 0 Å². The molecule has 0 aliphatic rings. The van der Waals surface area contributed by atoms with E-state index in [-0.39, 0.29) is 5.95 Å². The minimum Gasteiger partial charge on any atom is -0.228 e. The Balaban J connectivity index is 3.10. The van der Waals surface area contributed by atoms with E-state index in [0.29, 0.717) is 0 Å². The van der Waals surface area contributed by atoms with Gasteiger partial charge in [-0.2, -0.15) is 4.39 Å². The van der Waals surface area contributed by atoms with Crippen molar-refractivity contribution >= 4 is 13.3 Å². The van der Waals surface area contributed by atoms with E-state index in [9.17, 15) is 4.39 Å². The van der Waals surface area contributed by atoms with Crippen LogP contribution in [0.1, 0.15) is 20.8 Å². The van der Waals surface area contributed by atoms with Crippen LogP contribution in [0.25, 0.3) is 0 Å². The third-order valence-electron chi connectivity index (χ3n) is 3.37. The summed E-state index contributed by atoms with van der Waals surface area (Å²) >= 11 is 0. The summed E-state index contributed by atoms with van der Waals surface area (Å²) in [6.07, 6.45) is 1.59. The molecule has 1 heterocycles. The molecule has 0 spiro atoms. The first-order chi connectivity index (χ1) is 6.68. The molecule has 0 aliphatic carbocycles. The molecule has 0 unspecified atom stereocenters. The van der Waals surface area contributed by atoms with Gasteiger partial charge in [-0.15, -0.1) is 0 Å². The Morgan fingerprint density at radius 1 is 1.21 bits per heavy atom. The van der Waals surface area contributed by atoms with Crippen molar-refractivity contribution in [3.05, 3.63) is 24.3 Å². The maximum atomic E-state index is 13.0. The minimum atomic E-state index is -1.40. The Hall–Kier alpha value is -0.703. The Morgan fingerprint density at radius 3 is 2.21 bits per heavy atom. The summed E-state index contributed by atoms with van der Waals surface area (Å²) in [5, 5.41) is 1.22. The van der Waals surface area contributed by atoms with E-state index in [1.165, 1.54) is 23.3 Å². The molecule has 0 aromatic carbocycles. The van der Waals surface area contributed by atoms with Crippen LogP contribution in [0.4, 0.5) is 4.39 Å². The molecule has 3 heteroatoms. The van der Waals surface area contributed by atoms with E-state index in [0.717, 1.165) is 0 Å². The zero-order valence-corrected chi connectivity index (χ0v) is 10.2. The first-order valence-corrected chi connectivity index (χ1v) is 7.92. The smallest absolute Gasteiger partial charge is 0.212 e. The molecule has 0 N–H and O–H groups in total. The molecule has 0 saturated carbocycles. The molecular weight excluding hydrogens is 193 g/mol. The van der Waals surface area contributed by atoms with Crippen molar-refractivity contribution in [3.63, 3.8) is 0 Å². The first kappa shape index (κ1) is 11.4. The van der Waals surface area contributed by atoms with E-state index >= 15 is 0 Å². The van der Waals surface area contributed by atoms with Crippen LogP contribution in [-0.2, 0) is 0 Å². The highest BCUT2D eigenvalue weighted by molar-refractivity contribution is 6.91. The van der Waals surface area contributed by atoms with Gasteiger partial charge in [0.2, 0.25) is 5.95 Å². The van der Waals surface area contributed by atoms with Crippen LogP contribution in [-0.4, -0.2) is 13.1 Å². The summed E-state index contributed by atoms with van der Waals surface area (Å²) in [7, 11) is -1.40. The molecule has 0 saturated heterocycles. The number of hydrogen-bond donors (Lipinski definition) is 0. The third-order valence-corrected chi connectivity index (χ3v) is 8.97. The van der Waals surface area contributed by atoms with Crippen molar-refractivity contribution in [3.8, 4) is 0 Å². The van der Waals surface area contributed by atoms with Crippen molar-refractivity contribution in [2.45, 2.75) is 38.9 Å². The fourth-order valence-electron chi connectivity index (χ4n) is 2.09. The van der Waals surface area contributed by atoms with E-state index in [2.05, 4.69) is 25.8 Å². The summed E-state index contributed by atoms with van der Waals surface area (Å²) < 4.78 is 13.0. The second-order valence-electron chi connectivity index (χ2n) is 3.71. The Kier molecular flexibility index (Phi) is 3.81. The van der Waals surface area contributed by atoms with Crippen LogP contribution < -0.4 is 5.19 Å². The van der Waals surface area contributed by atoms with Gasteiger partial charge in [-0.3, -0.25) is 0 Å². The van der Waals surface area contributed by atoms with Gasteiger partial charge in [0, 0.05) is 6.20 Å². The van der Waals surface area contributed by atoms with Gasteiger partial charge in [-0.05, 0) is 12.1 Å². The fourth-order valence-corrected chi connectivity index (χ4v) is 5.67. The highest BCUT2D eigenvalue weighted by atomic mass is 28.3. The third kappa shape index (κ3) is 2.03. The predicted molar refractivity (Wildman–Crippen MR) is 61.0 cm³/mol. The molecule has 0 amide bonds. The van der Waals surface area contributed by atoms with E-state index < -0.39 is 8.07 Å². The summed E-state index contributed by atoms with van der Waals surface area (Å²) in [6, 6.07) is 7.17. The molecule has 1 aromatic heterocycles. The molecule has 1 nitrogen and oxygen atoms in total. The van der Waals surface area contributed by atoms with Gasteiger partial charge in [0.25, 0.3) is 0 Å². The average Bonchev–Trinajstić information content (AvgIpc) is 2.22. The van der Waals surface area contributed by atoms with Gasteiger partial charge >= 0.3 is 0 Å². The quantitative estimate of drug-likeness (QED) is 0.551. The van der Waals surface area contributed by atoms with Gasteiger partial charge in [0.05, 0.1) is 8.07 Å². The highest BCUT2D eigenvalue weighted by Gasteiger charge is 2.29. The zero-order valence-electron chi connectivity index (χ0n) is 9.18. The number of rotatable bonds is 4. The SMILES string of the molecule is CC[Si](CC)(CC)c1ccnc(F)c1. The van der Waals surface area contributed by atoms with Crippen molar-refractivity contribution < 1.29 is 4.39 Å². The molecule has 0 atom stereocenters. The van der Waals surface area contributed by atoms with Gasteiger partial charge < -0.3 is 0 Å². The van der Waals surface area contributed by atoms with Crippen LogP contribution in [0.2, 0.25) is 18.1 Å². The minimum absolute atomic E-state index is 0.338. The zero-order chi connectivity index (χ0) is 10.6. The largest absolute Gasteiger partial charge is 0.228 e. The molecule has 1 aromatic rings. The molecule has 1 rings (SSSR count). The van der Waals surface area contributed by atoms with Crippen molar-refractivity contribution in [2.24, 2.45) is 0 Å². The van der Waals surface area contributed by atoms with E-state index in [4.69, 9.17) is 0 Å². The summed E-state index contributed by atoms with van der Waals surface area (Å²) in [4.78, 5) is 3.61. The van der Waals surface area contributed by atoms with Crippen molar-refractivity contribution in [1.82, 2.24) is 4.98 Å². The maximum absolute atomic E-state index is 13.0. The first-order valence-electron chi connectivity index (χ1n) is 5.30. The van der Waals surface area contributed by atoms with Crippen LogP contribution in [0.5, 0.6) is 0 Å². The van der Waals surface area contributed by atoms with Crippen LogP contribution in [0, 0.1) is 5.95 Å². The molecule has 0 fully saturated rings. The number of pyridine rings is 1. The van der Waals surface area contributed by atoms with E-state index in [1.807, 2.05) is 6.07 Å². The standard InChI is InChI=1S/C11H18FNSi/c1-4-14(5-2,6-3)10-7-8-13-11(12)9-10/h7-9H,4-6H2,1-3H3. The highest BCUT2D eigenvalue weighted by Crippen LogP contribution is 2.19. The molecule has 0 bridgehead atoms. The van der Waals surface area contributed by atoms with Crippen LogP contribution in [0.3, 0.4) is 0 Å². The molecule has 0 aliphatic heterocycles. The van der Waals surface area contributed by atoms with Crippen molar-refractivity contribution in [1.29, 1.82) is 0 Å². The fraction of sp³-hybridized carbons (Fsp3) is 0.545. The van der Waals surface area contributed by atoms with E-state index in [1.54, 1.807) is 12.3 Å². The average molecular weight is 211 g/mol. The maximum Gasteiger partial charge on any atom is 0.212 e. The second-order valence-corrected chi connectivity index (χ2v) is 8.97. The summed E-state index contributed by atoms with van der Waals surface area (Å²) in [5.74, 6) is -0.338. The number of halogens is 1.